The summed E-state index contributed by atoms with van der Waals surface area (Å²) in [4.78, 5) is 65.5. The number of alkyl halides is 3. The number of allylic oxidation sites excluding steroid dienone is 1. The quantitative estimate of drug-likeness (QED) is 0.253. The number of pyridine rings is 1. The topological polar surface area (TPSA) is 186 Å². The third-order valence-corrected chi connectivity index (χ3v) is 15.8. The minimum Gasteiger partial charge on any atom is -0.472 e. The van der Waals surface area contributed by atoms with Crippen LogP contribution in [0, 0.1) is 17.8 Å². The van der Waals surface area contributed by atoms with Crippen LogP contribution in [0.25, 0.3) is 10.8 Å². The number of nitrogens with zero attached hydrogens (tertiary/aromatic N) is 3. The van der Waals surface area contributed by atoms with Crippen molar-refractivity contribution >= 4 is 50.3 Å². The van der Waals surface area contributed by atoms with E-state index in [2.05, 4.69) is 20.3 Å². The molecule has 15 nitrogen and oxygen atoms in total. The second kappa shape index (κ2) is 17.7. The predicted octanol–water partition coefficient (Wildman–Crippen LogP) is 5.17. The third-order valence-electron chi connectivity index (χ3n) is 13.7. The van der Waals surface area contributed by atoms with Crippen LogP contribution in [0.15, 0.2) is 42.6 Å². The van der Waals surface area contributed by atoms with Crippen LogP contribution >= 0.6 is 0 Å². The Morgan fingerprint density at radius 2 is 1.78 bits per heavy atom. The minimum absolute atomic E-state index is 0.00731. The number of halogens is 3. The van der Waals surface area contributed by atoms with Gasteiger partial charge in [0.25, 0.3) is 11.8 Å². The lowest BCUT2D eigenvalue weighted by Crippen LogP contribution is -2.60. The molecule has 5 aliphatic rings. The summed E-state index contributed by atoms with van der Waals surface area (Å²) in [5.74, 6) is -6.81. The first kappa shape index (κ1) is 46.3. The fourth-order valence-electron chi connectivity index (χ4n) is 8.91. The largest absolute Gasteiger partial charge is 0.472 e. The van der Waals surface area contributed by atoms with E-state index in [0.29, 0.717) is 64.3 Å². The molecule has 0 spiro atoms. The van der Waals surface area contributed by atoms with Crippen molar-refractivity contribution < 1.29 is 55.0 Å². The zero-order valence-corrected chi connectivity index (χ0v) is 37.3. The van der Waals surface area contributed by atoms with E-state index in [9.17, 15) is 36.0 Å². The number of benzene rings is 1. The molecule has 4 heterocycles. The normalized spacial score (nSPS) is 29.1. The summed E-state index contributed by atoms with van der Waals surface area (Å²) >= 11 is 0. The molecule has 2 aliphatic carbocycles. The van der Waals surface area contributed by atoms with E-state index < -0.39 is 92.3 Å². The molecular formula is C44H59F3N6O9S. The fourth-order valence-corrected chi connectivity index (χ4v) is 10.3. The summed E-state index contributed by atoms with van der Waals surface area (Å²) < 4.78 is 87.3. The van der Waals surface area contributed by atoms with Gasteiger partial charge >= 0.3 is 6.09 Å². The number of alkyl carbamates (subject to hydrolysis) is 1. The number of nitrogens with one attached hydrogen (secondary N) is 3. The average Bonchev–Trinajstić information content (AvgIpc) is 4.14. The van der Waals surface area contributed by atoms with Crippen LogP contribution < -0.4 is 25.0 Å². The zero-order valence-electron chi connectivity index (χ0n) is 36.5. The number of carbonyl (C=O) groups is 4. The number of anilines is 1. The van der Waals surface area contributed by atoms with Gasteiger partial charge in [0.2, 0.25) is 27.7 Å². The van der Waals surface area contributed by atoms with Crippen LogP contribution in [-0.2, 0) is 33.9 Å². The summed E-state index contributed by atoms with van der Waals surface area (Å²) in [5, 5.41) is 6.95. The Labute approximate surface area is 366 Å². The fraction of sp³-hybridized carbons (Fsp3) is 0.659. The van der Waals surface area contributed by atoms with Crippen molar-refractivity contribution in [2.75, 3.05) is 44.4 Å². The van der Waals surface area contributed by atoms with Gasteiger partial charge in [0.15, 0.2) is 5.60 Å². The van der Waals surface area contributed by atoms with E-state index in [1.807, 2.05) is 44.2 Å². The Kier molecular flexibility index (Phi) is 13.0. The van der Waals surface area contributed by atoms with Crippen LogP contribution in [0.5, 0.6) is 5.88 Å². The van der Waals surface area contributed by atoms with Crippen molar-refractivity contribution in [3.05, 3.63) is 42.6 Å². The lowest BCUT2D eigenvalue weighted by Gasteiger charge is -2.35. The average molecular weight is 905 g/mol. The summed E-state index contributed by atoms with van der Waals surface area (Å²) in [7, 11) is -4.45. The van der Waals surface area contributed by atoms with E-state index in [0.717, 1.165) is 24.9 Å². The molecule has 1 aromatic carbocycles. The molecule has 3 aliphatic heterocycles. The number of carbonyl (C=O) groups excluding carboxylic acids is 4. The van der Waals surface area contributed by atoms with Gasteiger partial charge in [-0.3, -0.25) is 19.1 Å². The third kappa shape index (κ3) is 9.45. The first-order chi connectivity index (χ1) is 29.7. The second-order valence-electron chi connectivity index (χ2n) is 18.5. The van der Waals surface area contributed by atoms with Crippen LogP contribution in [0.2, 0.25) is 0 Å². The molecule has 2 saturated carbocycles. The number of aromatic nitrogens is 1. The van der Waals surface area contributed by atoms with Crippen molar-refractivity contribution in [1.29, 1.82) is 0 Å². The monoisotopic (exact) mass is 904 g/mol. The van der Waals surface area contributed by atoms with Gasteiger partial charge in [-0.1, -0.05) is 50.6 Å². The van der Waals surface area contributed by atoms with Gasteiger partial charge in [-0.15, -0.1) is 0 Å². The molecule has 346 valence electrons. The predicted molar refractivity (Wildman–Crippen MR) is 227 cm³/mol. The lowest BCUT2D eigenvalue weighted by atomic mass is 9.85. The van der Waals surface area contributed by atoms with Crippen molar-refractivity contribution in [3.63, 3.8) is 0 Å². The maximum Gasteiger partial charge on any atom is 0.408 e. The van der Waals surface area contributed by atoms with Crippen molar-refractivity contribution in [1.82, 2.24) is 25.2 Å². The SMILES string of the molecule is CCC1CC(C)CCC=CC2CC2(C(=O)NS(=O)(=O)C2(CF)CC2)NC(=O)C2CC(Oc3ncc(N4CCOCC4)c4ccccc34)CN2C(=O)C1NC(=O)OC(C)(C)C(C)(F)F. The number of rotatable bonds is 11. The second-order valence-corrected chi connectivity index (χ2v) is 20.6. The standard InChI is InChI=1S/C44H59F3N6O9S/c1-6-28-21-27(2)11-7-8-12-29-23-44(29,39(56)51-63(58,59)43(26-45)15-16-43)50-36(54)33-22-30(25-53(33)38(55)35(28)49-40(57)62-41(3,4)42(5,46)47)61-37-32-14-10-9-13-31(32)34(24-48-37)52-17-19-60-20-18-52/h8-10,12-14,24,27-30,33,35H,6-7,11,15-23,25-26H2,1-5H3,(H,49,57)(H,50,54)(H,51,56). The molecule has 7 atom stereocenters. The number of hydrogen-bond donors (Lipinski definition) is 3. The molecule has 2 aromatic rings. The van der Waals surface area contributed by atoms with Gasteiger partial charge in [0.05, 0.1) is 31.6 Å². The minimum atomic E-state index is -4.45. The summed E-state index contributed by atoms with van der Waals surface area (Å²) in [6.07, 6.45) is 5.30. The molecule has 7 rings (SSSR count). The van der Waals surface area contributed by atoms with Crippen molar-refractivity contribution in [3.8, 4) is 5.88 Å². The molecule has 4 fully saturated rings. The van der Waals surface area contributed by atoms with Gasteiger partial charge in [-0.2, -0.15) is 0 Å². The molecule has 63 heavy (non-hydrogen) atoms. The first-order valence-electron chi connectivity index (χ1n) is 21.9. The molecule has 1 aromatic heterocycles. The Hall–Kier alpha value is -4.65. The highest BCUT2D eigenvalue weighted by molar-refractivity contribution is 7.91. The molecule has 0 radical (unpaired) electrons. The number of hydrogen-bond acceptors (Lipinski definition) is 11. The van der Waals surface area contributed by atoms with E-state index in [1.54, 1.807) is 12.3 Å². The molecule has 3 N–H and O–H groups in total. The Balaban J connectivity index is 1.24. The van der Waals surface area contributed by atoms with E-state index in [-0.39, 0.29) is 44.0 Å². The van der Waals surface area contributed by atoms with Crippen molar-refractivity contribution in [2.45, 2.75) is 126 Å². The Bertz CT molecular complexity index is 2210. The number of amides is 4. The highest BCUT2D eigenvalue weighted by Crippen LogP contribution is 2.48. The van der Waals surface area contributed by atoms with Crippen LogP contribution in [0.3, 0.4) is 0 Å². The van der Waals surface area contributed by atoms with Gasteiger partial charge in [-0.05, 0) is 70.3 Å². The number of fused-ring (bicyclic) bond motifs is 3. The van der Waals surface area contributed by atoms with Crippen LogP contribution in [0.1, 0.15) is 86.0 Å². The summed E-state index contributed by atoms with van der Waals surface area (Å²) in [5.41, 5.74) is -3.09. The van der Waals surface area contributed by atoms with E-state index in [4.69, 9.17) is 19.2 Å². The van der Waals surface area contributed by atoms with E-state index >= 15 is 4.79 Å². The van der Waals surface area contributed by atoms with Gasteiger partial charge in [0, 0.05) is 43.1 Å². The smallest absolute Gasteiger partial charge is 0.408 e. The first-order valence-corrected chi connectivity index (χ1v) is 23.4. The molecule has 2 saturated heterocycles. The highest BCUT2D eigenvalue weighted by Gasteiger charge is 2.64. The van der Waals surface area contributed by atoms with Gasteiger partial charge in [-0.25, -0.2) is 31.4 Å². The molecule has 7 unspecified atom stereocenters. The molecule has 0 bridgehead atoms. The van der Waals surface area contributed by atoms with Gasteiger partial charge < -0.3 is 34.6 Å². The summed E-state index contributed by atoms with van der Waals surface area (Å²) in [6, 6.07) is 4.90. The number of sulfonamides is 1. The van der Waals surface area contributed by atoms with Gasteiger partial charge in [0.1, 0.15) is 35.1 Å². The number of ether oxygens (including phenoxy) is 3. The molecule has 4 amide bonds. The lowest BCUT2D eigenvalue weighted by molar-refractivity contribution is -0.152. The zero-order chi connectivity index (χ0) is 45.5. The number of morpholine rings is 1. The van der Waals surface area contributed by atoms with E-state index in [1.165, 1.54) is 4.90 Å². The maximum atomic E-state index is 15.1. The molecular weight excluding hydrogens is 846 g/mol. The summed E-state index contributed by atoms with van der Waals surface area (Å²) in [6.45, 7) is 7.70. The van der Waals surface area contributed by atoms with Crippen molar-refractivity contribution in [2.24, 2.45) is 17.8 Å². The Morgan fingerprint density at radius 1 is 1.08 bits per heavy atom. The molecule has 19 heteroatoms. The highest BCUT2D eigenvalue weighted by atomic mass is 32.2. The van der Waals surface area contributed by atoms with Crippen LogP contribution in [0.4, 0.5) is 23.7 Å². The van der Waals surface area contributed by atoms with Crippen LogP contribution in [-0.4, -0.2) is 122 Å². The Morgan fingerprint density at radius 3 is 2.43 bits per heavy atom. The maximum absolute atomic E-state index is 15.1.